The number of sulfonamides is 1. The minimum Gasteiger partial charge on any atom is -0.328 e. The van der Waals surface area contributed by atoms with E-state index in [1.54, 1.807) is 6.07 Å². The molecular weight excluding hydrogens is 363 g/mol. The maximum absolute atomic E-state index is 11.9. The minimum absolute atomic E-state index is 0. The van der Waals surface area contributed by atoms with Crippen LogP contribution in [0.15, 0.2) is 27.6 Å². The molecular formula is C10H15BrCl2N2O2S. The molecule has 18 heavy (non-hydrogen) atoms. The lowest BCUT2D eigenvalue weighted by atomic mass is 10.3. The lowest BCUT2D eigenvalue weighted by molar-refractivity contribution is 0.572. The van der Waals surface area contributed by atoms with Crippen molar-refractivity contribution in [2.24, 2.45) is 5.73 Å². The van der Waals surface area contributed by atoms with E-state index in [0.29, 0.717) is 22.5 Å². The molecule has 0 amide bonds. The van der Waals surface area contributed by atoms with Gasteiger partial charge in [0, 0.05) is 17.1 Å². The van der Waals surface area contributed by atoms with E-state index in [0.717, 1.165) is 0 Å². The lowest BCUT2D eigenvalue weighted by Crippen LogP contribution is -2.29. The number of nitrogens with two attached hydrogens (primary N) is 1. The summed E-state index contributed by atoms with van der Waals surface area (Å²) in [5.41, 5.74) is 5.54. The van der Waals surface area contributed by atoms with Crippen LogP contribution in [0.4, 0.5) is 0 Å². The second kappa shape index (κ2) is 7.67. The Morgan fingerprint density at radius 1 is 1.50 bits per heavy atom. The zero-order valence-corrected chi connectivity index (χ0v) is 13.7. The number of benzene rings is 1. The van der Waals surface area contributed by atoms with Crippen molar-refractivity contribution in [3.63, 3.8) is 0 Å². The molecule has 1 rings (SSSR count). The third-order valence-corrected chi connectivity index (χ3v) is 4.78. The molecule has 0 aliphatic rings. The molecule has 1 aromatic carbocycles. The van der Waals surface area contributed by atoms with Crippen molar-refractivity contribution in [1.82, 2.24) is 4.72 Å². The summed E-state index contributed by atoms with van der Waals surface area (Å²) in [6.07, 6.45) is 0.587. The normalized spacial score (nSPS) is 12.9. The maximum atomic E-state index is 11.9. The van der Waals surface area contributed by atoms with Gasteiger partial charge >= 0.3 is 0 Å². The van der Waals surface area contributed by atoms with E-state index in [9.17, 15) is 8.42 Å². The molecule has 0 fully saturated rings. The summed E-state index contributed by atoms with van der Waals surface area (Å²) in [5.74, 6) is 0. The highest BCUT2D eigenvalue weighted by Gasteiger charge is 2.14. The van der Waals surface area contributed by atoms with Crippen LogP contribution in [0.5, 0.6) is 0 Å². The molecule has 4 nitrogen and oxygen atoms in total. The van der Waals surface area contributed by atoms with Gasteiger partial charge in [-0.25, -0.2) is 13.1 Å². The van der Waals surface area contributed by atoms with Crippen molar-refractivity contribution >= 4 is 50.0 Å². The number of rotatable bonds is 5. The van der Waals surface area contributed by atoms with E-state index in [1.165, 1.54) is 12.1 Å². The van der Waals surface area contributed by atoms with Crippen molar-refractivity contribution in [2.45, 2.75) is 24.3 Å². The minimum atomic E-state index is -3.51. The summed E-state index contributed by atoms with van der Waals surface area (Å²) >= 11 is 9.05. The molecule has 8 heteroatoms. The van der Waals surface area contributed by atoms with E-state index < -0.39 is 10.0 Å². The predicted octanol–water partition coefficient (Wildman–Crippen LogP) is 2.54. The van der Waals surface area contributed by atoms with Gasteiger partial charge in [0.25, 0.3) is 0 Å². The molecule has 0 bridgehead atoms. The zero-order chi connectivity index (χ0) is 13.1. The molecule has 0 aromatic heterocycles. The lowest BCUT2D eigenvalue weighted by Gasteiger charge is -2.09. The van der Waals surface area contributed by atoms with Crippen LogP contribution in [-0.2, 0) is 10.0 Å². The molecule has 0 radical (unpaired) electrons. The fourth-order valence-electron chi connectivity index (χ4n) is 1.15. The molecule has 1 atom stereocenters. The predicted molar refractivity (Wildman–Crippen MR) is 79.9 cm³/mol. The number of hydrogen-bond acceptors (Lipinski definition) is 3. The topological polar surface area (TPSA) is 72.2 Å². The van der Waals surface area contributed by atoms with Crippen molar-refractivity contribution in [3.8, 4) is 0 Å². The average molecular weight is 378 g/mol. The molecule has 0 aliphatic carbocycles. The smallest absolute Gasteiger partial charge is 0.240 e. The standard InChI is InChI=1S/C10H14BrClN2O2S.ClH/c1-7(13)4-5-14-17(15,16)8-2-3-9(11)10(12)6-8;/h2-3,6-7,14H,4-5,13H2,1H3;1H. The van der Waals surface area contributed by atoms with E-state index in [4.69, 9.17) is 17.3 Å². The third kappa shape index (κ3) is 5.42. The number of nitrogens with one attached hydrogen (secondary N) is 1. The quantitative estimate of drug-likeness (QED) is 0.828. The second-order valence-electron chi connectivity index (χ2n) is 3.74. The van der Waals surface area contributed by atoms with Gasteiger partial charge in [0.1, 0.15) is 0 Å². The van der Waals surface area contributed by atoms with Gasteiger partial charge in [0.2, 0.25) is 10.0 Å². The Morgan fingerprint density at radius 2 is 2.11 bits per heavy atom. The van der Waals surface area contributed by atoms with Crippen molar-refractivity contribution in [1.29, 1.82) is 0 Å². The first-order valence-corrected chi connectivity index (χ1v) is 7.68. The molecule has 0 saturated carbocycles. The van der Waals surface area contributed by atoms with Crippen molar-refractivity contribution < 1.29 is 8.42 Å². The first-order valence-electron chi connectivity index (χ1n) is 5.03. The van der Waals surface area contributed by atoms with Gasteiger partial charge < -0.3 is 5.73 Å². The monoisotopic (exact) mass is 376 g/mol. The Hall–Kier alpha value is 0.150. The molecule has 0 heterocycles. The average Bonchev–Trinajstić information content (AvgIpc) is 2.21. The van der Waals surface area contributed by atoms with E-state index in [1.807, 2.05) is 6.92 Å². The number of halogens is 3. The van der Waals surface area contributed by atoms with E-state index >= 15 is 0 Å². The van der Waals surface area contributed by atoms with Gasteiger partial charge in [0.15, 0.2) is 0 Å². The Labute approximate surface area is 127 Å². The van der Waals surface area contributed by atoms with Crippen LogP contribution >= 0.6 is 39.9 Å². The van der Waals surface area contributed by atoms with E-state index in [2.05, 4.69) is 20.7 Å². The second-order valence-corrected chi connectivity index (χ2v) is 6.77. The summed E-state index contributed by atoms with van der Waals surface area (Å²) < 4.78 is 26.8. The Balaban J connectivity index is 0.00000289. The van der Waals surface area contributed by atoms with Crippen LogP contribution < -0.4 is 10.5 Å². The van der Waals surface area contributed by atoms with Crippen LogP contribution in [-0.4, -0.2) is 21.0 Å². The Morgan fingerprint density at radius 3 is 2.61 bits per heavy atom. The van der Waals surface area contributed by atoms with Crippen LogP contribution in [0.3, 0.4) is 0 Å². The molecule has 0 spiro atoms. The van der Waals surface area contributed by atoms with Crippen molar-refractivity contribution in [2.75, 3.05) is 6.54 Å². The largest absolute Gasteiger partial charge is 0.328 e. The summed E-state index contributed by atoms with van der Waals surface area (Å²) in [7, 11) is -3.51. The first-order chi connectivity index (χ1) is 7.83. The molecule has 1 aromatic rings. The fourth-order valence-corrected chi connectivity index (χ4v) is 2.71. The Bertz CT molecular complexity index is 495. The van der Waals surface area contributed by atoms with Gasteiger partial charge in [0.05, 0.1) is 9.92 Å². The van der Waals surface area contributed by atoms with Gasteiger partial charge in [-0.05, 0) is 47.5 Å². The van der Waals surface area contributed by atoms with Crippen LogP contribution in [0.2, 0.25) is 5.02 Å². The molecule has 0 saturated heterocycles. The number of hydrogen-bond donors (Lipinski definition) is 2. The third-order valence-electron chi connectivity index (χ3n) is 2.09. The molecule has 3 N–H and O–H groups in total. The van der Waals surface area contributed by atoms with Crippen LogP contribution in [0.25, 0.3) is 0 Å². The molecule has 0 aliphatic heterocycles. The van der Waals surface area contributed by atoms with Gasteiger partial charge in [-0.3, -0.25) is 0 Å². The fraction of sp³-hybridized carbons (Fsp3) is 0.400. The highest BCUT2D eigenvalue weighted by atomic mass is 79.9. The van der Waals surface area contributed by atoms with Gasteiger partial charge in [-0.2, -0.15) is 0 Å². The van der Waals surface area contributed by atoms with Crippen LogP contribution in [0, 0.1) is 0 Å². The van der Waals surface area contributed by atoms with Gasteiger partial charge in [-0.15, -0.1) is 12.4 Å². The zero-order valence-electron chi connectivity index (χ0n) is 9.69. The first kappa shape index (κ1) is 18.1. The molecule has 104 valence electrons. The highest BCUT2D eigenvalue weighted by Crippen LogP contribution is 2.25. The summed E-state index contributed by atoms with van der Waals surface area (Å²) in [4.78, 5) is 0.148. The summed E-state index contributed by atoms with van der Waals surface area (Å²) in [5, 5.41) is 0.361. The molecule has 1 unspecified atom stereocenters. The maximum Gasteiger partial charge on any atom is 0.240 e. The van der Waals surface area contributed by atoms with E-state index in [-0.39, 0.29) is 23.3 Å². The summed E-state index contributed by atoms with van der Waals surface area (Å²) in [6, 6.07) is 4.46. The SMILES string of the molecule is CC(N)CCNS(=O)(=O)c1ccc(Br)c(Cl)c1.Cl. The Kier molecular flexibility index (Phi) is 7.73. The van der Waals surface area contributed by atoms with Gasteiger partial charge in [-0.1, -0.05) is 11.6 Å². The summed E-state index contributed by atoms with van der Waals surface area (Å²) in [6.45, 7) is 2.14. The van der Waals surface area contributed by atoms with Crippen molar-refractivity contribution in [3.05, 3.63) is 27.7 Å². The van der Waals surface area contributed by atoms with Crippen LogP contribution in [0.1, 0.15) is 13.3 Å². The highest BCUT2D eigenvalue weighted by molar-refractivity contribution is 9.10.